The van der Waals surface area contributed by atoms with Crippen LogP contribution in [0.5, 0.6) is 0 Å². The highest BCUT2D eigenvalue weighted by molar-refractivity contribution is 4.73. The normalized spacial score (nSPS) is 18.8. The molecule has 0 saturated heterocycles. The van der Waals surface area contributed by atoms with Crippen molar-refractivity contribution < 1.29 is 0 Å². The summed E-state index contributed by atoms with van der Waals surface area (Å²) >= 11 is 0. The Labute approximate surface area is 102 Å². The van der Waals surface area contributed by atoms with Crippen molar-refractivity contribution in [3.63, 3.8) is 0 Å². The number of nitrogens with one attached hydrogen (secondary N) is 1. The minimum Gasteiger partial charge on any atom is -0.314 e. The van der Waals surface area contributed by atoms with Crippen LogP contribution in [0.25, 0.3) is 0 Å². The molecule has 1 aliphatic rings. The first kappa shape index (κ1) is 14.0. The van der Waals surface area contributed by atoms with Crippen LogP contribution in [0.3, 0.4) is 0 Å². The molecule has 0 aromatic carbocycles. The van der Waals surface area contributed by atoms with E-state index in [1.807, 2.05) is 0 Å². The van der Waals surface area contributed by atoms with Crippen LogP contribution in [-0.2, 0) is 0 Å². The van der Waals surface area contributed by atoms with Gasteiger partial charge in [-0.3, -0.25) is 0 Å². The van der Waals surface area contributed by atoms with Crippen LogP contribution in [0.4, 0.5) is 0 Å². The van der Waals surface area contributed by atoms with Crippen molar-refractivity contribution in [3.8, 4) is 0 Å². The lowest BCUT2D eigenvalue weighted by Crippen LogP contribution is -2.34. The van der Waals surface area contributed by atoms with Gasteiger partial charge in [0, 0.05) is 6.04 Å². The van der Waals surface area contributed by atoms with E-state index in [4.69, 9.17) is 0 Å². The average Bonchev–Trinajstić information content (AvgIpc) is 2.22. The fourth-order valence-corrected chi connectivity index (χ4v) is 2.33. The summed E-state index contributed by atoms with van der Waals surface area (Å²) < 4.78 is 0. The van der Waals surface area contributed by atoms with Crippen molar-refractivity contribution in [1.82, 2.24) is 10.2 Å². The van der Waals surface area contributed by atoms with Gasteiger partial charge >= 0.3 is 0 Å². The van der Waals surface area contributed by atoms with Crippen molar-refractivity contribution in [2.45, 2.75) is 58.9 Å². The molecule has 2 heteroatoms. The van der Waals surface area contributed by atoms with Gasteiger partial charge < -0.3 is 10.2 Å². The maximum Gasteiger partial charge on any atom is 0.00393 e. The molecular weight excluding hydrogens is 196 g/mol. The van der Waals surface area contributed by atoms with Crippen molar-refractivity contribution in [3.05, 3.63) is 0 Å². The maximum absolute atomic E-state index is 3.68. The Bertz CT molecular complexity index is 162. The molecule has 0 bridgehead atoms. The zero-order chi connectivity index (χ0) is 11.8. The summed E-state index contributed by atoms with van der Waals surface area (Å²) in [6.45, 7) is 11.8. The zero-order valence-electron chi connectivity index (χ0n) is 11.5. The summed E-state index contributed by atoms with van der Waals surface area (Å²) in [5, 5.41) is 3.68. The van der Waals surface area contributed by atoms with Crippen LogP contribution in [0.15, 0.2) is 0 Å². The molecule has 2 nitrogen and oxygen atoms in total. The van der Waals surface area contributed by atoms with Gasteiger partial charge in [-0.15, -0.1) is 0 Å². The van der Waals surface area contributed by atoms with E-state index in [9.17, 15) is 0 Å². The fraction of sp³-hybridized carbons (Fsp3) is 1.00. The average molecular weight is 226 g/mol. The molecule has 1 fully saturated rings. The van der Waals surface area contributed by atoms with Crippen LogP contribution >= 0.6 is 0 Å². The highest BCUT2D eigenvalue weighted by Gasteiger charge is 2.17. The summed E-state index contributed by atoms with van der Waals surface area (Å²) in [4.78, 5) is 2.51. The minimum atomic E-state index is 0.705. The third-order valence-electron chi connectivity index (χ3n) is 3.99. The van der Waals surface area contributed by atoms with Crippen molar-refractivity contribution in [1.29, 1.82) is 0 Å². The van der Waals surface area contributed by atoms with E-state index in [2.05, 4.69) is 31.0 Å². The Morgan fingerprint density at radius 1 is 1.25 bits per heavy atom. The van der Waals surface area contributed by atoms with Gasteiger partial charge in [-0.1, -0.05) is 20.3 Å². The molecule has 1 aliphatic carbocycles. The Morgan fingerprint density at radius 3 is 2.44 bits per heavy atom. The molecule has 1 rings (SSSR count). The van der Waals surface area contributed by atoms with Gasteiger partial charge in [-0.2, -0.15) is 0 Å². The van der Waals surface area contributed by atoms with Gasteiger partial charge in [0.2, 0.25) is 0 Å². The SMILES string of the molecule is CCN(CC)CCCC(C)NCC1CCC1. The Balaban J connectivity index is 1.94. The highest BCUT2D eigenvalue weighted by Crippen LogP contribution is 2.25. The Morgan fingerprint density at radius 2 is 1.94 bits per heavy atom. The van der Waals surface area contributed by atoms with E-state index < -0.39 is 0 Å². The van der Waals surface area contributed by atoms with Gasteiger partial charge in [0.05, 0.1) is 0 Å². The second-order valence-corrected chi connectivity index (χ2v) is 5.28. The second-order valence-electron chi connectivity index (χ2n) is 5.28. The molecule has 16 heavy (non-hydrogen) atoms. The lowest BCUT2D eigenvalue weighted by Gasteiger charge is -2.27. The summed E-state index contributed by atoms with van der Waals surface area (Å²) in [7, 11) is 0. The van der Waals surface area contributed by atoms with Gasteiger partial charge in [-0.25, -0.2) is 0 Å². The Kier molecular flexibility index (Phi) is 7.06. The molecule has 0 radical (unpaired) electrons. The monoisotopic (exact) mass is 226 g/mol. The van der Waals surface area contributed by atoms with Gasteiger partial charge in [0.25, 0.3) is 0 Å². The smallest absolute Gasteiger partial charge is 0.00393 e. The van der Waals surface area contributed by atoms with Crippen molar-refractivity contribution in [2.75, 3.05) is 26.2 Å². The lowest BCUT2D eigenvalue weighted by molar-refractivity contribution is 0.273. The molecule has 0 amide bonds. The number of rotatable bonds is 9. The summed E-state index contributed by atoms with van der Waals surface area (Å²) in [6.07, 6.45) is 7.03. The molecule has 1 unspecified atom stereocenters. The molecule has 1 atom stereocenters. The minimum absolute atomic E-state index is 0.705. The topological polar surface area (TPSA) is 15.3 Å². The predicted octanol–water partition coefficient (Wildman–Crippen LogP) is 2.89. The number of nitrogens with zero attached hydrogens (tertiary/aromatic N) is 1. The molecule has 96 valence electrons. The molecule has 1 N–H and O–H groups in total. The molecule has 0 aliphatic heterocycles. The van der Waals surface area contributed by atoms with E-state index in [-0.39, 0.29) is 0 Å². The predicted molar refractivity (Wildman–Crippen MR) is 71.8 cm³/mol. The molecule has 1 saturated carbocycles. The third-order valence-corrected chi connectivity index (χ3v) is 3.99. The highest BCUT2D eigenvalue weighted by atomic mass is 15.1. The maximum atomic E-state index is 3.68. The number of hydrogen-bond acceptors (Lipinski definition) is 2. The van der Waals surface area contributed by atoms with E-state index in [0.29, 0.717) is 6.04 Å². The van der Waals surface area contributed by atoms with E-state index in [1.165, 1.54) is 58.3 Å². The first-order valence-corrected chi connectivity index (χ1v) is 7.22. The van der Waals surface area contributed by atoms with Crippen molar-refractivity contribution in [2.24, 2.45) is 5.92 Å². The van der Waals surface area contributed by atoms with E-state index in [0.717, 1.165) is 5.92 Å². The van der Waals surface area contributed by atoms with Gasteiger partial charge in [0.1, 0.15) is 0 Å². The summed E-state index contributed by atoms with van der Waals surface area (Å²) in [5.41, 5.74) is 0. The van der Waals surface area contributed by atoms with Crippen LogP contribution < -0.4 is 5.32 Å². The quantitative estimate of drug-likeness (QED) is 0.650. The molecule has 0 heterocycles. The second kappa shape index (κ2) is 8.08. The molecular formula is C14H30N2. The third kappa shape index (κ3) is 5.31. The summed E-state index contributed by atoms with van der Waals surface area (Å²) in [5.74, 6) is 0.991. The molecule has 0 aromatic rings. The standard InChI is InChI=1S/C14H30N2/c1-4-16(5-2)11-7-8-13(3)15-12-14-9-6-10-14/h13-15H,4-12H2,1-3H3. The number of hydrogen-bond donors (Lipinski definition) is 1. The van der Waals surface area contributed by atoms with E-state index >= 15 is 0 Å². The largest absolute Gasteiger partial charge is 0.314 e. The van der Waals surface area contributed by atoms with E-state index in [1.54, 1.807) is 0 Å². The molecule has 0 aromatic heterocycles. The van der Waals surface area contributed by atoms with Crippen LogP contribution in [0.1, 0.15) is 52.9 Å². The fourth-order valence-electron chi connectivity index (χ4n) is 2.33. The lowest BCUT2D eigenvalue weighted by atomic mass is 9.85. The van der Waals surface area contributed by atoms with Crippen molar-refractivity contribution >= 4 is 0 Å². The molecule has 0 spiro atoms. The van der Waals surface area contributed by atoms with Gasteiger partial charge in [0.15, 0.2) is 0 Å². The zero-order valence-corrected chi connectivity index (χ0v) is 11.5. The summed E-state index contributed by atoms with van der Waals surface area (Å²) in [6, 6.07) is 0.705. The van der Waals surface area contributed by atoms with Crippen LogP contribution in [0.2, 0.25) is 0 Å². The van der Waals surface area contributed by atoms with Gasteiger partial charge in [-0.05, 0) is 64.7 Å². The first-order chi connectivity index (χ1) is 7.76. The first-order valence-electron chi connectivity index (χ1n) is 7.22. The van der Waals surface area contributed by atoms with Crippen LogP contribution in [0, 0.1) is 5.92 Å². The Hall–Kier alpha value is -0.0800. The van der Waals surface area contributed by atoms with Crippen LogP contribution in [-0.4, -0.2) is 37.1 Å².